The van der Waals surface area contributed by atoms with Gasteiger partial charge in [0, 0.05) is 41.2 Å². The molecule has 0 saturated carbocycles. The second-order valence-corrected chi connectivity index (χ2v) is 10.5. The van der Waals surface area contributed by atoms with Crippen LogP contribution in [0.3, 0.4) is 0 Å². The second kappa shape index (κ2) is 13.1. The van der Waals surface area contributed by atoms with Crippen molar-refractivity contribution in [3.8, 4) is 16.9 Å². The molecule has 0 aliphatic rings. The lowest BCUT2D eigenvalue weighted by Crippen LogP contribution is -2.49. The molecule has 4 rings (SSSR count). The summed E-state index contributed by atoms with van der Waals surface area (Å²) in [6, 6.07) is 25.2. The molecule has 0 unspecified atom stereocenters. The fraction of sp³-hybridized carbons (Fsp3) is 0.242. The molecule has 1 aromatic heterocycles. The van der Waals surface area contributed by atoms with E-state index in [1.807, 2.05) is 66.7 Å². The number of hydrogen-bond donors (Lipinski definition) is 3. The molecular formula is C33H35N3O5. The number of aliphatic hydroxyl groups excluding tert-OH is 1. The summed E-state index contributed by atoms with van der Waals surface area (Å²) in [5, 5.41) is 15.6. The number of aromatic nitrogens is 1. The van der Waals surface area contributed by atoms with Crippen LogP contribution in [-0.4, -0.2) is 40.8 Å². The van der Waals surface area contributed by atoms with Crippen molar-refractivity contribution in [1.29, 1.82) is 0 Å². The molecule has 0 aliphatic heterocycles. The Balaban J connectivity index is 1.72. The fourth-order valence-electron chi connectivity index (χ4n) is 4.66. The third-order valence-electron chi connectivity index (χ3n) is 6.44. The Kier molecular flexibility index (Phi) is 9.37. The van der Waals surface area contributed by atoms with E-state index < -0.39 is 29.6 Å². The maximum absolute atomic E-state index is 14.0. The topological polar surface area (TPSA) is 110 Å². The number of amides is 2. The molecule has 2 amide bonds. The van der Waals surface area contributed by atoms with Crippen LogP contribution in [0.15, 0.2) is 97.3 Å². The molecular weight excluding hydrogens is 518 g/mol. The molecule has 8 heteroatoms. The lowest BCUT2D eigenvalue weighted by Gasteiger charge is -2.29. The smallest absolute Gasteiger partial charge is 0.408 e. The Bertz CT molecular complexity index is 1430. The van der Waals surface area contributed by atoms with Crippen molar-refractivity contribution in [2.45, 2.75) is 44.9 Å². The molecule has 0 aliphatic carbocycles. The maximum Gasteiger partial charge on any atom is 0.408 e. The van der Waals surface area contributed by atoms with Crippen LogP contribution in [0.4, 0.5) is 10.5 Å². The van der Waals surface area contributed by atoms with Crippen molar-refractivity contribution in [3.05, 3.63) is 114 Å². The molecule has 41 heavy (non-hydrogen) atoms. The Morgan fingerprint density at radius 2 is 1.54 bits per heavy atom. The number of carbonyl (C=O) groups is 2. The van der Waals surface area contributed by atoms with Gasteiger partial charge in [-0.15, -0.1) is 0 Å². The van der Waals surface area contributed by atoms with Crippen LogP contribution in [0.25, 0.3) is 11.1 Å². The SMILES string of the molecule is COc1cc(NC(=O)[C@@H](NC(=O)OC(C)(C)C)C(c2ccccc2)c2ccccc2)ccc1-c1ccncc1CO. The van der Waals surface area contributed by atoms with Gasteiger partial charge in [-0.3, -0.25) is 9.78 Å². The van der Waals surface area contributed by atoms with Crippen LogP contribution in [0, 0.1) is 0 Å². The number of carbonyl (C=O) groups excluding carboxylic acids is 2. The molecule has 0 fully saturated rings. The maximum atomic E-state index is 14.0. The van der Waals surface area contributed by atoms with E-state index in [4.69, 9.17) is 9.47 Å². The first-order chi connectivity index (χ1) is 19.7. The van der Waals surface area contributed by atoms with Gasteiger partial charge in [-0.05, 0) is 55.7 Å². The second-order valence-electron chi connectivity index (χ2n) is 10.5. The van der Waals surface area contributed by atoms with E-state index in [0.29, 0.717) is 17.0 Å². The van der Waals surface area contributed by atoms with E-state index in [-0.39, 0.29) is 6.61 Å². The zero-order valence-corrected chi connectivity index (χ0v) is 23.6. The van der Waals surface area contributed by atoms with Crippen molar-refractivity contribution < 1.29 is 24.2 Å². The molecule has 0 saturated heterocycles. The highest BCUT2D eigenvalue weighted by atomic mass is 16.6. The third kappa shape index (κ3) is 7.49. The highest BCUT2D eigenvalue weighted by Crippen LogP contribution is 2.35. The standard InChI is InChI=1S/C33H35N3O5/c1-33(2,3)41-32(39)36-30(29(22-11-7-5-8-12-22)23-13-9-6-10-14-23)31(38)35-25-15-16-27(28(19-25)40-4)26-17-18-34-20-24(26)21-37/h5-20,29-30,37H,21H2,1-4H3,(H,35,38)(H,36,39)/t30-/m0/s1. The summed E-state index contributed by atoms with van der Waals surface area (Å²) in [5.41, 5.74) is 3.61. The van der Waals surface area contributed by atoms with Gasteiger partial charge in [-0.25, -0.2) is 4.79 Å². The number of benzene rings is 3. The first-order valence-corrected chi connectivity index (χ1v) is 13.3. The lowest BCUT2D eigenvalue weighted by molar-refractivity contribution is -0.118. The molecule has 1 atom stereocenters. The number of anilines is 1. The van der Waals surface area contributed by atoms with Crippen molar-refractivity contribution in [2.24, 2.45) is 0 Å². The van der Waals surface area contributed by atoms with Gasteiger partial charge < -0.3 is 25.2 Å². The van der Waals surface area contributed by atoms with Crippen molar-refractivity contribution in [3.63, 3.8) is 0 Å². The highest BCUT2D eigenvalue weighted by Gasteiger charge is 2.34. The Labute approximate surface area is 240 Å². The summed E-state index contributed by atoms with van der Waals surface area (Å²) in [4.78, 5) is 31.1. The minimum absolute atomic E-state index is 0.177. The van der Waals surface area contributed by atoms with Gasteiger partial charge in [-0.2, -0.15) is 0 Å². The zero-order chi connectivity index (χ0) is 29.4. The van der Waals surface area contributed by atoms with Crippen molar-refractivity contribution in [1.82, 2.24) is 10.3 Å². The predicted molar refractivity (Wildman–Crippen MR) is 159 cm³/mol. The number of hydrogen-bond acceptors (Lipinski definition) is 6. The number of ether oxygens (including phenoxy) is 2. The van der Waals surface area contributed by atoms with Crippen molar-refractivity contribution >= 4 is 17.7 Å². The largest absolute Gasteiger partial charge is 0.496 e. The van der Waals surface area contributed by atoms with Crippen LogP contribution in [0.1, 0.15) is 43.4 Å². The molecule has 212 valence electrons. The minimum Gasteiger partial charge on any atom is -0.496 e. The van der Waals surface area contributed by atoms with Gasteiger partial charge in [0.05, 0.1) is 13.7 Å². The van der Waals surface area contributed by atoms with Gasteiger partial charge in [0.1, 0.15) is 17.4 Å². The minimum atomic E-state index is -1.01. The third-order valence-corrected chi connectivity index (χ3v) is 6.44. The molecule has 0 bridgehead atoms. The number of aliphatic hydroxyl groups is 1. The Hall–Kier alpha value is -4.69. The number of nitrogens with zero attached hydrogens (tertiary/aromatic N) is 1. The monoisotopic (exact) mass is 553 g/mol. The first-order valence-electron chi connectivity index (χ1n) is 13.3. The number of methoxy groups -OCH3 is 1. The van der Waals surface area contributed by atoms with E-state index in [9.17, 15) is 14.7 Å². The molecule has 0 radical (unpaired) electrons. The summed E-state index contributed by atoms with van der Waals surface area (Å²) in [6.45, 7) is 5.13. The summed E-state index contributed by atoms with van der Waals surface area (Å²) >= 11 is 0. The average Bonchev–Trinajstić information content (AvgIpc) is 2.97. The molecule has 1 heterocycles. The molecule has 3 aromatic carbocycles. The molecule has 0 spiro atoms. The van der Waals surface area contributed by atoms with Gasteiger partial charge in [0.15, 0.2) is 0 Å². The highest BCUT2D eigenvalue weighted by molar-refractivity contribution is 5.98. The number of nitrogens with one attached hydrogen (secondary N) is 2. The van der Waals surface area contributed by atoms with Crippen LogP contribution < -0.4 is 15.4 Å². The Morgan fingerprint density at radius 1 is 0.902 bits per heavy atom. The van der Waals surface area contributed by atoms with Crippen LogP contribution in [0.5, 0.6) is 5.75 Å². The summed E-state index contributed by atoms with van der Waals surface area (Å²) in [5.74, 6) is -0.429. The number of alkyl carbamates (subject to hydrolysis) is 1. The van der Waals surface area contributed by atoms with E-state index >= 15 is 0 Å². The average molecular weight is 554 g/mol. The molecule has 8 nitrogen and oxygen atoms in total. The fourth-order valence-corrected chi connectivity index (χ4v) is 4.66. The van der Waals surface area contributed by atoms with E-state index in [1.54, 1.807) is 51.4 Å². The first kappa shape index (κ1) is 29.3. The predicted octanol–water partition coefficient (Wildman–Crippen LogP) is 5.91. The lowest BCUT2D eigenvalue weighted by atomic mass is 9.84. The number of pyridine rings is 1. The van der Waals surface area contributed by atoms with Crippen molar-refractivity contribution in [2.75, 3.05) is 12.4 Å². The quantitative estimate of drug-likeness (QED) is 0.238. The summed E-state index contributed by atoms with van der Waals surface area (Å²) in [7, 11) is 1.54. The van der Waals surface area contributed by atoms with E-state index in [1.165, 1.54) is 7.11 Å². The van der Waals surface area contributed by atoms with Crippen LogP contribution >= 0.6 is 0 Å². The molecule has 4 aromatic rings. The van der Waals surface area contributed by atoms with E-state index in [0.717, 1.165) is 22.3 Å². The number of rotatable bonds is 9. The van der Waals surface area contributed by atoms with E-state index in [2.05, 4.69) is 15.6 Å². The Morgan fingerprint density at radius 3 is 2.10 bits per heavy atom. The normalized spacial score (nSPS) is 12.0. The zero-order valence-electron chi connectivity index (χ0n) is 23.6. The summed E-state index contributed by atoms with van der Waals surface area (Å²) < 4.78 is 11.2. The summed E-state index contributed by atoms with van der Waals surface area (Å²) in [6.07, 6.45) is 2.55. The van der Waals surface area contributed by atoms with Crippen LogP contribution in [-0.2, 0) is 16.1 Å². The molecule has 3 N–H and O–H groups in total. The van der Waals surface area contributed by atoms with Gasteiger partial charge >= 0.3 is 6.09 Å². The van der Waals surface area contributed by atoms with Gasteiger partial charge in [-0.1, -0.05) is 60.7 Å². The van der Waals surface area contributed by atoms with Crippen LogP contribution in [0.2, 0.25) is 0 Å². The van der Waals surface area contributed by atoms with Gasteiger partial charge in [0.2, 0.25) is 5.91 Å². The van der Waals surface area contributed by atoms with Gasteiger partial charge in [0.25, 0.3) is 0 Å².